The summed E-state index contributed by atoms with van der Waals surface area (Å²) in [5.74, 6) is -0.350. The van der Waals surface area contributed by atoms with Crippen LogP contribution >= 0.6 is 0 Å². The molecule has 1 aromatic heterocycles. The molecule has 0 radical (unpaired) electrons. The van der Waals surface area contributed by atoms with Gasteiger partial charge >= 0.3 is 5.97 Å². The maximum Gasteiger partial charge on any atom is 0.305 e. The van der Waals surface area contributed by atoms with Crippen LogP contribution in [0.3, 0.4) is 0 Å². The first kappa shape index (κ1) is 11.3. The number of carbonyl (C=O) groups is 1. The molecular formula is C11H12N4O2. The minimum atomic E-state index is -0.849. The Morgan fingerprint density at radius 3 is 2.82 bits per heavy atom. The number of rotatable bonds is 5. The molecule has 6 heteroatoms. The van der Waals surface area contributed by atoms with E-state index < -0.39 is 5.97 Å². The molecule has 0 saturated heterocycles. The summed E-state index contributed by atoms with van der Waals surface area (Å²) in [4.78, 5) is 20.6. The van der Waals surface area contributed by atoms with Crippen LogP contribution < -0.4 is 4.90 Å². The van der Waals surface area contributed by atoms with Crippen molar-refractivity contribution < 1.29 is 9.90 Å². The summed E-state index contributed by atoms with van der Waals surface area (Å²) in [6, 6.07) is 2.29. The van der Waals surface area contributed by atoms with Crippen LogP contribution in [0.2, 0.25) is 0 Å². The van der Waals surface area contributed by atoms with E-state index >= 15 is 0 Å². The molecule has 17 heavy (non-hydrogen) atoms. The lowest BCUT2D eigenvalue weighted by molar-refractivity contribution is -0.136. The number of nitrogens with zero attached hydrogens (tertiary/aromatic N) is 4. The molecule has 6 nitrogen and oxygen atoms in total. The molecule has 0 amide bonds. The van der Waals surface area contributed by atoms with E-state index in [0.29, 0.717) is 18.4 Å². The smallest absolute Gasteiger partial charge is 0.305 e. The van der Waals surface area contributed by atoms with Crippen molar-refractivity contribution in [1.82, 2.24) is 9.97 Å². The first-order valence-corrected chi connectivity index (χ1v) is 5.42. The van der Waals surface area contributed by atoms with Crippen molar-refractivity contribution >= 4 is 11.8 Å². The molecule has 1 heterocycles. The van der Waals surface area contributed by atoms with Gasteiger partial charge in [0.05, 0.1) is 6.42 Å². The minimum Gasteiger partial charge on any atom is -0.481 e. The predicted octanol–water partition coefficient (Wildman–Crippen LogP) is 0.792. The summed E-state index contributed by atoms with van der Waals surface area (Å²) in [6.07, 6.45) is 5.05. The first-order valence-electron chi connectivity index (χ1n) is 5.42. The van der Waals surface area contributed by atoms with Gasteiger partial charge < -0.3 is 10.0 Å². The van der Waals surface area contributed by atoms with Gasteiger partial charge in [0.1, 0.15) is 6.07 Å². The van der Waals surface area contributed by atoms with Crippen LogP contribution in [-0.4, -0.2) is 33.6 Å². The second-order valence-corrected chi connectivity index (χ2v) is 3.91. The third-order valence-electron chi connectivity index (χ3n) is 2.61. The summed E-state index contributed by atoms with van der Waals surface area (Å²) in [7, 11) is 0. The van der Waals surface area contributed by atoms with Gasteiger partial charge in [-0.3, -0.25) is 4.79 Å². The number of nitriles is 1. The fourth-order valence-corrected chi connectivity index (χ4v) is 1.68. The monoisotopic (exact) mass is 232 g/mol. The topological polar surface area (TPSA) is 90.1 Å². The standard InChI is InChI=1S/C11H12N4O2/c12-7-9-11(14-5-4-13-9)15(8-1-2-8)6-3-10(16)17/h4-5,8H,1-3,6H2,(H,16,17). The lowest BCUT2D eigenvalue weighted by Gasteiger charge is -2.22. The minimum absolute atomic E-state index is 0.0396. The van der Waals surface area contributed by atoms with Crippen LogP contribution in [0, 0.1) is 11.3 Å². The summed E-state index contributed by atoms with van der Waals surface area (Å²) in [5, 5.41) is 17.7. The molecule has 0 aromatic carbocycles. The number of hydrogen-bond donors (Lipinski definition) is 1. The number of aromatic nitrogens is 2. The molecule has 1 aliphatic carbocycles. The second kappa shape index (κ2) is 4.78. The van der Waals surface area contributed by atoms with E-state index in [-0.39, 0.29) is 12.1 Å². The van der Waals surface area contributed by atoms with E-state index in [9.17, 15) is 4.79 Å². The fourth-order valence-electron chi connectivity index (χ4n) is 1.68. The van der Waals surface area contributed by atoms with Crippen LogP contribution in [0.4, 0.5) is 5.82 Å². The highest BCUT2D eigenvalue weighted by atomic mass is 16.4. The molecule has 2 rings (SSSR count). The maximum atomic E-state index is 10.6. The Balaban J connectivity index is 2.20. The maximum absolute atomic E-state index is 10.6. The Hall–Kier alpha value is -2.16. The summed E-state index contributed by atoms with van der Waals surface area (Å²) < 4.78 is 0. The van der Waals surface area contributed by atoms with E-state index in [1.54, 1.807) is 0 Å². The number of carboxylic acids is 1. The predicted molar refractivity (Wildman–Crippen MR) is 59.4 cm³/mol. The van der Waals surface area contributed by atoms with E-state index in [1.165, 1.54) is 12.4 Å². The molecule has 1 aromatic rings. The van der Waals surface area contributed by atoms with Gasteiger partial charge in [0, 0.05) is 25.0 Å². The van der Waals surface area contributed by atoms with Gasteiger partial charge in [-0.25, -0.2) is 9.97 Å². The molecule has 1 fully saturated rings. The fraction of sp³-hybridized carbons (Fsp3) is 0.455. The van der Waals surface area contributed by atoms with Crippen molar-refractivity contribution in [3.8, 4) is 6.07 Å². The Morgan fingerprint density at radius 2 is 2.24 bits per heavy atom. The zero-order valence-corrected chi connectivity index (χ0v) is 9.20. The molecule has 0 bridgehead atoms. The Kier molecular flexibility index (Phi) is 3.19. The van der Waals surface area contributed by atoms with Crippen molar-refractivity contribution in [2.24, 2.45) is 0 Å². The molecule has 1 N–H and O–H groups in total. The van der Waals surface area contributed by atoms with Crippen LogP contribution in [0.15, 0.2) is 12.4 Å². The number of aliphatic carboxylic acids is 1. The summed E-state index contributed by atoms with van der Waals surface area (Å²) in [6.45, 7) is 0.368. The highest BCUT2D eigenvalue weighted by molar-refractivity contribution is 5.68. The summed E-state index contributed by atoms with van der Waals surface area (Å²) in [5.41, 5.74) is 0.254. The van der Waals surface area contributed by atoms with Crippen LogP contribution in [-0.2, 0) is 4.79 Å². The van der Waals surface area contributed by atoms with Crippen LogP contribution in [0.5, 0.6) is 0 Å². The molecule has 0 spiro atoms. The van der Waals surface area contributed by atoms with Crippen molar-refractivity contribution in [1.29, 1.82) is 5.26 Å². The van der Waals surface area contributed by atoms with Crippen LogP contribution in [0.25, 0.3) is 0 Å². The van der Waals surface area contributed by atoms with E-state index in [2.05, 4.69) is 9.97 Å². The molecule has 0 unspecified atom stereocenters. The highest BCUT2D eigenvalue weighted by Gasteiger charge is 2.31. The van der Waals surface area contributed by atoms with Crippen molar-refractivity contribution in [2.45, 2.75) is 25.3 Å². The normalized spacial score (nSPS) is 14.1. The molecule has 1 saturated carbocycles. The van der Waals surface area contributed by atoms with Crippen LogP contribution in [0.1, 0.15) is 25.0 Å². The second-order valence-electron chi connectivity index (χ2n) is 3.91. The van der Waals surface area contributed by atoms with Gasteiger partial charge in [0.2, 0.25) is 0 Å². The SMILES string of the molecule is N#Cc1nccnc1N(CCC(=O)O)C1CC1. The summed E-state index contributed by atoms with van der Waals surface area (Å²) >= 11 is 0. The third-order valence-corrected chi connectivity index (χ3v) is 2.61. The number of hydrogen-bond acceptors (Lipinski definition) is 5. The number of carboxylic acid groups (broad SMARTS) is 1. The van der Waals surface area contributed by atoms with E-state index in [1.807, 2.05) is 11.0 Å². The number of anilines is 1. The molecular weight excluding hydrogens is 220 g/mol. The van der Waals surface area contributed by atoms with Crippen molar-refractivity contribution in [3.05, 3.63) is 18.1 Å². The lowest BCUT2D eigenvalue weighted by Crippen LogP contribution is -2.30. The van der Waals surface area contributed by atoms with Crippen molar-refractivity contribution in [3.63, 3.8) is 0 Å². The van der Waals surface area contributed by atoms with E-state index in [4.69, 9.17) is 10.4 Å². The largest absolute Gasteiger partial charge is 0.481 e. The Morgan fingerprint density at radius 1 is 1.53 bits per heavy atom. The van der Waals surface area contributed by atoms with Crippen molar-refractivity contribution in [2.75, 3.05) is 11.4 Å². The Labute approximate surface area is 98.5 Å². The van der Waals surface area contributed by atoms with Gasteiger partial charge in [0.25, 0.3) is 0 Å². The van der Waals surface area contributed by atoms with Gasteiger partial charge in [-0.2, -0.15) is 5.26 Å². The molecule has 1 aliphatic rings. The van der Waals surface area contributed by atoms with Gasteiger partial charge in [-0.1, -0.05) is 0 Å². The third kappa shape index (κ3) is 2.69. The quantitative estimate of drug-likeness (QED) is 0.807. The Bertz CT molecular complexity index is 465. The highest BCUT2D eigenvalue weighted by Crippen LogP contribution is 2.31. The zero-order chi connectivity index (χ0) is 12.3. The molecule has 0 aliphatic heterocycles. The average molecular weight is 232 g/mol. The van der Waals surface area contributed by atoms with Gasteiger partial charge in [-0.05, 0) is 12.8 Å². The molecule has 0 atom stereocenters. The first-order chi connectivity index (χ1) is 8.22. The lowest BCUT2D eigenvalue weighted by atomic mass is 10.3. The molecule has 88 valence electrons. The average Bonchev–Trinajstić information content (AvgIpc) is 3.14. The van der Waals surface area contributed by atoms with E-state index in [0.717, 1.165) is 12.8 Å². The van der Waals surface area contributed by atoms with Gasteiger partial charge in [0.15, 0.2) is 11.5 Å². The van der Waals surface area contributed by atoms with Gasteiger partial charge in [-0.15, -0.1) is 0 Å². The zero-order valence-electron chi connectivity index (χ0n) is 9.20.